The fourth-order valence-electron chi connectivity index (χ4n) is 1.87. The van der Waals surface area contributed by atoms with Gasteiger partial charge < -0.3 is 10.1 Å². The Bertz CT molecular complexity index is 656. The zero-order chi connectivity index (χ0) is 16.1. The molecule has 2 rings (SSSR count). The van der Waals surface area contributed by atoms with Gasteiger partial charge in [0.2, 0.25) is 0 Å². The van der Waals surface area contributed by atoms with E-state index in [9.17, 15) is 4.79 Å². The number of rotatable bonds is 5. The van der Waals surface area contributed by atoms with E-state index in [0.29, 0.717) is 22.2 Å². The summed E-state index contributed by atoms with van der Waals surface area (Å²) in [6.07, 6.45) is 0. The number of amides is 1. The van der Waals surface area contributed by atoms with E-state index >= 15 is 0 Å². The molecule has 0 aliphatic heterocycles. The monoisotopic (exact) mass is 337 g/mol. The Balaban J connectivity index is 1.89. The highest BCUT2D eigenvalue weighted by Gasteiger charge is 2.13. The zero-order valence-electron chi connectivity index (χ0n) is 12.4. The van der Waals surface area contributed by atoms with Crippen LogP contribution in [0.4, 0.5) is 0 Å². The molecule has 2 aromatic rings. The third-order valence-electron chi connectivity index (χ3n) is 3.07. The number of nitrogens with one attached hydrogen (secondary N) is 1. The minimum absolute atomic E-state index is 0.152. The number of hydrogen-bond acceptors (Lipinski definition) is 2. The van der Waals surface area contributed by atoms with E-state index in [4.69, 9.17) is 27.9 Å². The second-order valence-corrected chi connectivity index (χ2v) is 5.97. The molecule has 5 heteroatoms. The molecule has 0 fully saturated rings. The summed E-state index contributed by atoms with van der Waals surface area (Å²) in [5.74, 6) is 0.526. The average Bonchev–Trinajstić information content (AvgIpc) is 2.46. The minimum Gasteiger partial charge on any atom is -0.491 e. The molecule has 0 saturated carbocycles. The van der Waals surface area contributed by atoms with Crippen molar-refractivity contribution in [2.24, 2.45) is 0 Å². The topological polar surface area (TPSA) is 38.3 Å². The van der Waals surface area contributed by atoms with Crippen LogP contribution in [0.5, 0.6) is 5.75 Å². The van der Waals surface area contributed by atoms with Crippen molar-refractivity contribution in [3.05, 3.63) is 63.6 Å². The molecule has 1 amide bonds. The van der Waals surface area contributed by atoms with Crippen molar-refractivity contribution < 1.29 is 9.53 Å². The third kappa shape index (κ3) is 4.65. The maximum Gasteiger partial charge on any atom is 0.253 e. The summed E-state index contributed by atoms with van der Waals surface area (Å²) in [7, 11) is 0. The predicted octanol–water partition coefficient (Wildman–Crippen LogP) is 4.50. The van der Waals surface area contributed by atoms with Gasteiger partial charge in [-0.3, -0.25) is 4.79 Å². The van der Waals surface area contributed by atoms with Gasteiger partial charge in [0.05, 0.1) is 16.6 Å². The predicted molar refractivity (Wildman–Crippen MR) is 90.1 cm³/mol. The zero-order valence-corrected chi connectivity index (χ0v) is 13.9. The van der Waals surface area contributed by atoms with Crippen molar-refractivity contribution in [3.63, 3.8) is 0 Å². The molecule has 0 saturated heterocycles. The summed E-state index contributed by atoms with van der Waals surface area (Å²) in [6.45, 7) is 4.26. The first-order chi connectivity index (χ1) is 10.5. The summed E-state index contributed by atoms with van der Waals surface area (Å²) in [5.41, 5.74) is 1.57. The van der Waals surface area contributed by atoms with Gasteiger partial charge in [0.25, 0.3) is 5.91 Å². The number of ether oxygens (including phenoxy) is 1. The number of carbonyl (C=O) groups excluding carboxylic acids is 1. The molecule has 0 radical (unpaired) electrons. The van der Waals surface area contributed by atoms with Crippen molar-refractivity contribution >= 4 is 29.1 Å². The van der Waals surface area contributed by atoms with E-state index in [1.807, 2.05) is 38.1 Å². The Morgan fingerprint density at radius 3 is 2.50 bits per heavy atom. The van der Waals surface area contributed by atoms with Gasteiger partial charge in [-0.05, 0) is 44.2 Å². The molecule has 22 heavy (non-hydrogen) atoms. The Hall–Kier alpha value is -1.71. The number of benzene rings is 2. The summed E-state index contributed by atoms with van der Waals surface area (Å²) >= 11 is 11.8. The van der Waals surface area contributed by atoms with E-state index < -0.39 is 0 Å². The summed E-state index contributed by atoms with van der Waals surface area (Å²) in [6, 6.07) is 12.4. The molecule has 0 bridgehead atoms. The molecular formula is C17H17Cl2NO2. The molecule has 1 N–H and O–H groups in total. The van der Waals surface area contributed by atoms with Crippen LogP contribution in [0.15, 0.2) is 42.5 Å². The smallest absolute Gasteiger partial charge is 0.253 e. The number of aryl methyl sites for hydroxylation is 1. The van der Waals surface area contributed by atoms with Gasteiger partial charge in [0.15, 0.2) is 0 Å². The Labute approximate surface area is 140 Å². The second kappa shape index (κ2) is 7.52. The van der Waals surface area contributed by atoms with Gasteiger partial charge in [-0.2, -0.15) is 0 Å². The van der Waals surface area contributed by atoms with E-state index in [-0.39, 0.29) is 11.9 Å². The highest BCUT2D eigenvalue weighted by molar-refractivity contribution is 6.36. The van der Waals surface area contributed by atoms with E-state index in [2.05, 4.69) is 5.32 Å². The average molecular weight is 338 g/mol. The summed E-state index contributed by atoms with van der Waals surface area (Å²) < 4.78 is 5.64. The lowest BCUT2D eigenvalue weighted by Crippen LogP contribution is -2.36. The van der Waals surface area contributed by atoms with Crippen LogP contribution in [-0.2, 0) is 0 Å². The largest absolute Gasteiger partial charge is 0.491 e. The van der Waals surface area contributed by atoms with Crippen molar-refractivity contribution in [3.8, 4) is 5.75 Å². The van der Waals surface area contributed by atoms with Gasteiger partial charge >= 0.3 is 0 Å². The maximum atomic E-state index is 12.1. The van der Waals surface area contributed by atoms with Crippen molar-refractivity contribution in [2.45, 2.75) is 19.9 Å². The number of hydrogen-bond donors (Lipinski definition) is 1. The van der Waals surface area contributed by atoms with Gasteiger partial charge in [0, 0.05) is 5.02 Å². The highest BCUT2D eigenvalue weighted by atomic mass is 35.5. The molecule has 116 valence electrons. The lowest BCUT2D eigenvalue weighted by atomic mass is 10.2. The molecule has 0 aromatic heterocycles. The Morgan fingerprint density at radius 1 is 1.18 bits per heavy atom. The summed E-state index contributed by atoms with van der Waals surface area (Å²) in [4.78, 5) is 12.1. The normalized spacial score (nSPS) is 11.8. The number of halogens is 2. The van der Waals surface area contributed by atoms with E-state index in [1.54, 1.807) is 18.2 Å². The standard InChI is InChI=1S/C17H17Cl2NO2/c1-11-3-6-14(7-4-11)22-10-12(2)20-17(21)15-8-5-13(18)9-16(15)19/h3-9,12H,10H2,1-2H3,(H,20,21). The molecule has 1 unspecified atom stereocenters. The molecule has 0 heterocycles. The van der Waals surface area contributed by atoms with Crippen LogP contribution in [0, 0.1) is 6.92 Å². The van der Waals surface area contributed by atoms with Gasteiger partial charge in [0.1, 0.15) is 12.4 Å². The Kier molecular flexibility index (Phi) is 5.69. The lowest BCUT2D eigenvalue weighted by molar-refractivity contribution is 0.0927. The van der Waals surface area contributed by atoms with Crippen LogP contribution >= 0.6 is 23.2 Å². The fraction of sp³-hybridized carbons (Fsp3) is 0.235. The SMILES string of the molecule is Cc1ccc(OCC(C)NC(=O)c2ccc(Cl)cc2Cl)cc1. The molecule has 3 nitrogen and oxygen atoms in total. The van der Waals surface area contributed by atoms with Crippen LogP contribution in [-0.4, -0.2) is 18.6 Å². The first kappa shape index (κ1) is 16.7. The van der Waals surface area contributed by atoms with Crippen LogP contribution in [0.25, 0.3) is 0 Å². The first-order valence-electron chi connectivity index (χ1n) is 6.91. The van der Waals surface area contributed by atoms with Crippen LogP contribution in [0.3, 0.4) is 0 Å². The van der Waals surface area contributed by atoms with Crippen molar-refractivity contribution in [2.75, 3.05) is 6.61 Å². The van der Waals surface area contributed by atoms with Crippen LogP contribution in [0.1, 0.15) is 22.8 Å². The maximum absolute atomic E-state index is 12.1. The van der Waals surface area contributed by atoms with Crippen molar-refractivity contribution in [1.82, 2.24) is 5.32 Å². The second-order valence-electron chi connectivity index (χ2n) is 5.12. The van der Waals surface area contributed by atoms with E-state index in [1.165, 1.54) is 5.56 Å². The van der Waals surface area contributed by atoms with Crippen LogP contribution in [0.2, 0.25) is 10.0 Å². The van der Waals surface area contributed by atoms with Crippen LogP contribution < -0.4 is 10.1 Å². The quantitative estimate of drug-likeness (QED) is 0.872. The molecular weight excluding hydrogens is 321 g/mol. The number of carbonyl (C=O) groups is 1. The molecule has 0 spiro atoms. The molecule has 0 aliphatic rings. The lowest BCUT2D eigenvalue weighted by Gasteiger charge is -2.15. The van der Waals surface area contributed by atoms with E-state index in [0.717, 1.165) is 5.75 Å². The van der Waals surface area contributed by atoms with Crippen molar-refractivity contribution in [1.29, 1.82) is 0 Å². The minimum atomic E-state index is -0.248. The van der Waals surface area contributed by atoms with Gasteiger partial charge in [-0.1, -0.05) is 40.9 Å². The fourth-order valence-corrected chi connectivity index (χ4v) is 2.37. The van der Waals surface area contributed by atoms with Gasteiger partial charge in [-0.25, -0.2) is 0 Å². The Morgan fingerprint density at radius 2 is 1.86 bits per heavy atom. The molecule has 0 aliphatic carbocycles. The van der Waals surface area contributed by atoms with Gasteiger partial charge in [-0.15, -0.1) is 0 Å². The molecule has 1 atom stereocenters. The molecule has 2 aromatic carbocycles. The summed E-state index contributed by atoms with van der Waals surface area (Å²) in [5, 5.41) is 3.67. The highest BCUT2D eigenvalue weighted by Crippen LogP contribution is 2.21. The first-order valence-corrected chi connectivity index (χ1v) is 7.66. The third-order valence-corrected chi connectivity index (χ3v) is 3.62.